The molecule has 1 rings (SSSR count). The van der Waals surface area contributed by atoms with E-state index in [2.05, 4.69) is 0 Å². The van der Waals surface area contributed by atoms with Crippen LogP contribution in [0.2, 0.25) is 0 Å². The van der Waals surface area contributed by atoms with Crippen LogP contribution < -0.4 is 0 Å². The fourth-order valence-corrected chi connectivity index (χ4v) is 1.38. The summed E-state index contributed by atoms with van der Waals surface area (Å²) in [6.45, 7) is 2.54. The van der Waals surface area contributed by atoms with Crippen molar-refractivity contribution in [2.45, 2.75) is 39.0 Å². The van der Waals surface area contributed by atoms with E-state index in [-0.39, 0.29) is 5.97 Å². The monoisotopic (exact) mass is 168 g/mol. The van der Waals surface area contributed by atoms with Gasteiger partial charge in [0.1, 0.15) is 0 Å². The van der Waals surface area contributed by atoms with E-state index in [1.807, 2.05) is 6.92 Å². The molecule has 0 aromatic rings. The highest BCUT2D eigenvalue weighted by atomic mass is 16.5. The summed E-state index contributed by atoms with van der Waals surface area (Å²) >= 11 is 0. The molecular weight excluding hydrogens is 152 g/mol. The molecule has 12 heavy (non-hydrogen) atoms. The van der Waals surface area contributed by atoms with Crippen LogP contribution in [0, 0.1) is 0 Å². The van der Waals surface area contributed by atoms with Crippen molar-refractivity contribution in [1.82, 2.24) is 0 Å². The van der Waals surface area contributed by atoms with E-state index in [1.54, 1.807) is 6.08 Å². The van der Waals surface area contributed by atoms with Crippen molar-refractivity contribution in [2.75, 3.05) is 6.61 Å². The maximum absolute atomic E-state index is 11.1. The maximum Gasteiger partial charge on any atom is 0.330 e. The molecule has 1 aliphatic carbocycles. The van der Waals surface area contributed by atoms with E-state index in [9.17, 15) is 4.79 Å². The first-order valence-corrected chi connectivity index (χ1v) is 4.69. The number of ether oxygens (including phenoxy) is 1. The summed E-state index contributed by atoms with van der Waals surface area (Å²) in [5.74, 6) is -0.159. The topological polar surface area (TPSA) is 26.3 Å². The first-order chi connectivity index (χ1) is 5.83. The molecule has 0 radical (unpaired) electrons. The van der Waals surface area contributed by atoms with Gasteiger partial charge < -0.3 is 4.74 Å². The smallest absolute Gasteiger partial charge is 0.330 e. The summed E-state index contributed by atoms with van der Waals surface area (Å²) in [6, 6.07) is 0. The Balaban J connectivity index is 2.28. The number of hydrogen-bond donors (Lipinski definition) is 0. The minimum absolute atomic E-state index is 0.159. The third-order valence-electron chi connectivity index (χ3n) is 2.02. The zero-order chi connectivity index (χ0) is 8.81. The van der Waals surface area contributed by atoms with Gasteiger partial charge in [0.15, 0.2) is 0 Å². The summed E-state index contributed by atoms with van der Waals surface area (Å²) in [7, 11) is 0. The summed E-state index contributed by atoms with van der Waals surface area (Å²) in [5, 5.41) is 0. The number of carbonyl (C=O) groups excluding carboxylic acids is 1. The van der Waals surface area contributed by atoms with E-state index in [4.69, 9.17) is 4.74 Å². The lowest BCUT2D eigenvalue weighted by atomic mass is 10.2. The molecule has 0 heterocycles. The molecule has 0 amide bonds. The number of esters is 1. The van der Waals surface area contributed by atoms with Gasteiger partial charge in [0.25, 0.3) is 0 Å². The van der Waals surface area contributed by atoms with Crippen molar-refractivity contribution < 1.29 is 9.53 Å². The van der Waals surface area contributed by atoms with Gasteiger partial charge in [-0.2, -0.15) is 0 Å². The Hall–Kier alpha value is -0.790. The van der Waals surface area contributed by atoms with Crippen molar-refractivity contribution >= 4 is 5.97 Å². The minimum Gasteiger partial charge on any atom is -0.463 e. The predicted molar refractivity (Wildman–Crippen MR) is 47.8 cm³/mol. The zero-order valence-electron chi connectivity index (χ0n) is 7.64. The first-order valence-electron chi connectivity index (χ1n) is 4.69. The lowest BCUT2D eigenvalue weighted by Gasteiger charge is -1.99. The first kappa shape index (κ1) is 9.30. The van der Waals surface area contributed by atoms with Crippen LogP contribution in [0.1, 0.15) is 39.0 Å². The number of rotatable bonds is 3. The van der Waals surface area contributed by atoms with Crippen LogP contribution in [-0.4, -0.2) is 12.6 Å². The average molecular weight is 168 g/mol. The average Bonchev–Trinajstić information content (AvgIpc) is 2.53. The van der Waals surface area contributed by atoms with Crippen molar-refractivity contribution in [3.05, 3.63) is 11.6 Å². The normalized spacial score (nSPS) is 16.2. The van der Waals surface area contributed by atoms with Gasteiger partial charge in [0.2, 0.25) is 0 Å². The second-order valence-corrected chi connectivity index (χ2v) is 3.18. The summed E-state index contributed by atoms with van der Waals surface area (Å²) in [6.07, 6.45) is 7.19. The lowest BCUT2D eigenvalue weighted by molar-refractivity contribution is -0.137. The molecule has 1 fully saturated rings. The fourth-order valence-electron chi connectivity index (χ4n) is 1.38. The molecule has 1 aliphatic rings. The standard InChI is InChI=1S/C10H16O2/c1-2-7-12-10(11)8-9-5-3-4-6-9/h8H,2-7H2,1H3. The highest BCUT2D eigenvalue weighted by Gasteiger charge is 2.08. The molecule has 0 bridgehead atoms. The van der Waals surface area contributed by atoms with Crippen LogP contribution in [0.3, 0.4) is 0 Å². The molecule has 68 valence electrons. The van der Waals surface area contributed by atoms with E-state index < -0.39 is 0 Å². The maximum atomic E-state index is 11.1. The van der Waals surface area contributed by atoms with Gasteiger partial charge in [-0.3, -0.25) is 0 Å². The van der Waals surface area contributed by atoms with E-state index >= 15 is 0 Å². The lowest BCUT2D eigenvalue weighted by Crippen LogP contribution is -2.01. The second-order valence-electron chi connectivity index (χ2n) is 3.18. The van der Waals surface area contributed by atoms with Crippen molar-refractivity contribution in [3.63, 3.8) is 0 Å². The van der Waals surface area contributed by atoms with Gasteiger partial charge in [0, 0.05) is 6.08 Å². The third kappa shape index (κ3) is 3.07. The molecule has 2 heteroatoms. The van der Waals surface area contributed by atoms with Crippen LogP contribution in [0.25, 0.3) is 0 Å². The molecule has 0 aromatic heterocycles. The Bertz CT molecular complexity index is 174. The Morgan fingerprint density at radius 2 is 2.17 bits per heavy atom. The van der Waals surface area contributed by atoms with E-state index in [1.165, 1.54) is 18.4 Å². The quantitative estimate of drug-likeness (QED) is 0.478. The SMILES string of the molecule is CCCOC(=O)C=C1CCCC1. The molecule has 2 nitrogen and oxygen atoms in total. The van der Waals surface area contributed by atoms with Crippen molar-refractivity contribution in [1.29, 1.82) is 0 Å². The number of hydrogen-bond acceptors (Lipinski definition) is 2. The van der Waals surface area contributed by atoms with Crippen LogP contribution in [0.4, 0.5) is 0 Å². The highest BCUT2D eigenvalue weighted by Crippen LogP contribution is 2.23. The van der Waals surface area contributed by atoms with Crippen molar-refractivity contribution in [2.24, 2.45) is 0 Å². The summed E-state index contributed by atoms with van der Waals surface area (Å²) < 4.78 is 4.94. The van der Waals surface area contributed by atoms with Crippen LogP contribution in [0.5, 0.6) is 0 Å². The molecule has 0 aliphatic heterocycles. The third-order valence-corrected chi connectivity index (χ3v) is 2.02. The predicted octanol–water partition coefficient (Wildman–Crippen LogP) is 2.44. The van der Waals surface area contributed by atoms with E-state index in [0.29, 0.717) is 6.61 Å². The molecule has 0 unspecified atom stereocenters. The molecule has 0 saturated heterocycles. The second kappa shape index (κ2) is 4.96. The Morgan fingerprint density at radius 1 is 1.50 bits per heavy atom. The van der Waals surface area contributed by atoms with Gasteiger partial charge in [-0.15, -0.1) is 0 Å². The Labute approximate surface area is 73.6 Å². The zero-order valence-corrected chi connectivity index (χ0v) is 7.64. The van der Waals surface area contributed by atoms with Gasteiger partial charge in [-0.1, -0.05) is 12.5 Å². The van der Waals surface area contributed by atoms with Crippen LogP contribution in [0.15, 0.2) is 11.6 Å². The van der Waals surface area contributed by atoms with Gasteiger partial charge >= 0.3 is 5.97 Å². The minimum atomic E-state index is -0.159. The number of carbonyl (C=O) groups is 1. The highest BCUT2D eigenvalue weighted by molar-refractivity contribution is 5.82. The largest absolute Gasteiger partial charge is 0.463 e. The Morgan fingerprint density at radius 3 is 2.75 bits per heavy atom. The molecule has 1 saturated carbocycles. The molecule has 0 N–H and O–H groups in total. The van der Waals surface area contributed by atoms with Gasteiger partial charge in [0.05, 0.1) is 6.61 Å². The molecule has 0 aromatic carbocycles. The fraction of sp³-hybridized carbons (Fsp3) is 0.700. The van der Waals surface area contributed by atoms with Gasteiger partial charge in [-0.25, -0.2) is 4.79 Å². The van der Waals surface area contributed by atoms with Crippen LogP contribution in [-0.2, 0) is 9.53 Å². The van der Waals surface area contributed by atoms with Crippen molar-refractivity contribution in [3.8, 4) is 0 Å². The molecule has 0 atom stereocenters. The number of allylic oxidation sites excluding steroid dienone is 1. The Kier molecular flexibility index (Phi) is 3.85. The summed E-state index contributed by atoms with van der Waals surface area (Å²) in [4.78, 5) is 11.1. The van der Waals surface area contributed by atoms with Crippen LogP contribution >= 0.6 is 0 Å². The molecular formula is C10H16O2. The van der Waals surface area contributed by atoms with Gasteiger partial charge in [-0.05, 0) is 32.1 Å². The summed E-state index contributed by atoms with van der Waals surface area (Å²) in [5.41, 5.74) is 1.26. The van der Waals surface area contributed by atoms with E-state index in [0.717, 1.165) is 19.3 Å². The molecule has 0 spiro atoms.